The van der Waals surface area contributed by atoms with Gasteiger partial charge in [-0.05, 0) is 95.3 Å². The molecule has 1 radical (unpaired) electrons. The van der Waals surface area contributed by atoms with E-state index < -0.39 is 12.7 Å². The van der Waals surface area contributed by atoms with E-state index in [4.69, 9.17) is 5.48 Å². The molecule has 53 heavy (non-hydrogen) atoms. The molecule has 1 aliphatic carbocycles. The van der Waals surface area contributed by atoms with Gasteiger partial charge in [-0.3, -0.25) is 0 Å². The van der Waals surface area contributed by atoms with Gasteiger partial charge in [0.15, 0.2) is 0 Å². The van der Waals surface area contributed by atoms with Gasteiger partial charge in [0.05, 0.1) is 0 Å². The van der Waals surface area contributed by atoms with Gasteiger partial charge in [-0.25, -0.2) is 0 Å². The smallest absolute Gasteiger partial charge is 0.0352 e. The predicted molar refractivity (Wildman–Crippen MR) is 216 cm³/mol. The number of benzene rings is 5. The predicted octanol–water partition coefficient (Wildman–Crippen LogP) is 12.9. The van der Waals surface area contributed by atoms with Gasteiger partial charge in [0.25, 0.3) is 0 Å². The van der Waals surface area contributed by atoms with Crippen molar-refractivity contribution in [1.82, 2.24) is 9.97 Å². The Bertz CT molecular complexity index is 2440. The van der Waals surface area contributed by atoms with Crippen LogP contribution in [0, 0.1) is 25.9 Å². The number of hydrogen-bond acceptors (Lipinski definition) is 2. The minimum atomic E-state index is -2.32. The molecule has 7 aromatic rings. The Morgan fingerprint density at radius 1 is 0.642 bits per heavy atom. The van der Waals surface area contributed by atoms with Gasteiger partial charge in [-0.1, -0.05) is 127 Å². The third-order valence-electron chi connectivity index (χ3n) is 10.3. The molecule has 0 amide bonds. The molecule has 1 saturated carbocycles. The molecule has 2 aromatic heterocycles. The number of rotatable bonds is 9. The average Bonchev–Trinajstić information content (AvgIpc) is 3.23. The van der Waals surface area contributed by atoms with E-state index in [1.165, 1.54) is 34.9 Å². The molecule has 1 aliphatic rings. The Hall–Kier alpha value is -4.95. The van der Waals surface area contributed by atoms with Crippen molar-refractivity contribution in [3.8, 4) is 55.9 Å². The van der Waals surface area contributed by atoms with Crippen LogP contribution in [0.2, 0.25) is 0 Å². The number of nitrogens with zero attached hydrogens (tertiary/aromatic N) is 2. The maximum absolute atomic E-state index is 9.05. The first-order valence-electron chi connectivity index (χ1n) is 20.4. The average molecular weight is 869 g/mol. The van der Waals surface area contributed by atoms with Crippen LogP contribution in [0.15, 0.2) is 140 Å². The van der Waals surface area contributed by atoms with Gasteiger partial charge in [-0.2, -0.15) is 0 Å². The quantitative estimate of drug-likeness (QED) is 0.135. The van der Waals surface area contributed by atoms with Crippen molar-refractivity contribution in [2.24, 2.45) is 0 Å². The summed E-state index contributed by atoms with van der Waals surface area (Å²) in [6.45, 7) is -0.166. The van der Waals surface area contributed by atoms with Crippen molar-refractivity contribution < 1.29 is 25.6 Å². The Morgan fingerprint density at radius 2 is 1.36 bits per heavy atom. The molecule has 5 aromatic carbocycles. The third kappa shape index (κ3) is 8.49. The second-order valence-electron chi connectivity index (χ2n) is 13.9. The molecule has 1 fully saturated rings. The summed E-state index contributed by atoms with van der Waals surface area (Å²) in [6, 6.07) is 50.4. The van der Waals surface area contributed by atoms with Crippen LogP contribution in [-0.4, -0.2) is 9.97 Å². The van der Waals surface area contributed by atoms with Crippen molar-refractivity contribution in [2.45, 2.75) is 64.6 Å². The van der Waals surface area contributed by atoms with Gasteiger partial charge in [0, 0.05) is 38.0 Å². The van der Waals surface area contributed by atoms with Crippen molar-refractivity contribution in [3.05, 3.63) is 180 Å². The molecule has 265 valence electrons. The number of hydrogen-bond donors (Lipinski definition) is 0. The minimum absolute atomic E-state index is 0. The molecule has 0 unspecified atom stereocenters. The topological polar surface area (TPSA) is 25.8 Å². The summed E-state index contributed by atoms with van der Waals surface area (Å²) in [5.41, 5.74) is 14.3. The first-order valence-corrected chi connectivity index (χ1v) is 18.4. The Morgan fingerprint density at radius 3 is 2.08 bits per heavy atom. The normalized spacial score (nSPS) is 15.0. The van der Waals surface area contributed by atoms with Crippen LogP contribution in [0.25, 0.3) is 55.9 Å². The second-order valence-corrected chi connectivity index (χ2v) is 13.9. The van der Waals surface area contributed by atoms with Gasteiger partial charge in [0.1, 0.15) is 0 Å². The van der Waals surface area contributed by atoms with Gasteiger partial charge < -0.3 is 9.97 Å². The second kappa shape index (κ2) is 16.8. The van der Waals surface area contributed by atoms with Crippen LogP contribution in [0.4, 0.5) is 0 Å². The minimum Gasteiger partial charge on any atom is -0.305 e. The summed E-state index contributed by atoms with van der Waals surface area (Å²) in [5.74, 6) is -0.572. The van der Waals surface area contributed by atoms with E-state index >= 15 is 0 Å². The zero-order valence-electron chi connectivity index (χ0n) is 34.0. The zero-order chi connectivity index (χ0) is 38.7. The summed E-state index contributed by atoms with van der Waals surface area (Å²) >= 11 is 0. The van der Waals surface area contributed by atoms with Crippen LogP contribution in [-0.2, 0) is 32.9 Å². The third-order valence-corrected chi connectivity index (χ3v) is 10.3. The molecule has 0 N–H and O–H groups in total. The van der Waals surface area contributed by atoms with Crippen molar-refractivity contribution >= 4 is 0 Å². The van der Waals surface area contributed by atoms with E-state index in [1.54, 1.807) is 0 Å². The van der Waals surface area contributed by atoms with E-state index in [2.05, 4.69) is 95.8 Å². The first-order chi connectivity index (χ1) is 27.1. The first kappa shape index (κ1) is 31.6. The van der Waals surface area contributed by atoms with Gasteiger partial charge >= 0.3 is 0 Å². The Balaban J connectivity index is 0.00000496. The van der Waals surface area contributed by atoms with Gasteiger partial charge in [-0.15, -0.1) is 65.2 Å². The Labute approximate surface area is 334 Å². The van der Waals surface area contributed by atoms with Crippen molar-refractivity contribution in [2.75, 3.05) is 0 Å². The molecule has 0 bridgehead atoms. The standard InChI is InChI=1S/C50H44N2.Ir/c1-35-30-38(16-15-37-17-19-43(20-18-37)49-14-8-9-29-51-49)32-45(31-35)47-13-7-6-12-46(47)41-25-27-44(28-26-41)50-33-48(36(2)34-52-50)42-23-21-40(22-24-42)39-10-4-3-5-11-39;/h6-9,12-14,17-19,21-27,29-34,39H,3-5,10-11,15-16H2,1-2H3;/q-2;/i2D3,39D;. The maximum atomic E-state index is 9.05. The zero-order valence-corrected chi connectivity index (χ0v) is 32.4. The molecule has 2 nitrogen and oxygen atoms in total. The van der Waals surface area contributed by atoms with E-state index in [0.717, 1.165) is 83.2 Å². The molecular weight excluding hydrogens is 821 g/mol. The molecule has 0 aliphatic heterocycles. The molecule has 0 spiro atoms. The fourth-order valence-corrected chi connectivity index (χ4v) is 7.48. The monoisotopic (exact) mass is 869 g/mol. The SMILES string of the molecule is [2H]C([2H])([2H])c1cnc(-c2[c-]cc(-c3ccccc3-c3cc(C)cc(CCc4c[c-]c(-c5ccccn5)cc4)c3)cc2)cc1-c1ccc(C2([2H])CCCCC2)cc1.[Ir]. The maximum Gasteiger partial charge on any atom is 0.0352 e. The molecule has 3 heteroatoms. The number of aromatic nitrogens is 2. The number of aryl methyl sites for hydroxylation is 4. The van der Waals surface area contributed by atoms with Gasteiger partial charge in [0.2, 0.25) is 0 Å². The van der Waals surface area contributed by atoms with Crippen molar-refractivity contribution in [1.29, 1.82) is 0 Å². The largest absolute Gasteiger partial charge is 0.305 e. The summed E-state index contributed by atoms with van der Waals surface area (Å²) in [5, 5.41) is 0. The molecular formula is C50H44IrN2-2. The summed E-state index contributed by atoms with van der Waals surface area (Å²) in [7, 11) is 0. The fraction of sp³-hybridized carbons (Fsp3) is 0.200. The Kier molecular flexibility index (Phi) is 10.0. The van der Waals surface area contributed by atoms with Crippen LogP contribution in [0.1, 0.15) is 71.3 Å². The van der Waals surface area contributed by atoms with E-state index in [0.29, 0.717) is 11.3 Å². The van der Waals surface area contributed by atoms with E-state index in [9.17, 15) is 0 Å². The van der Waals surface area contributed by atoms with Crippen LogP contribution < -0.4 is 0 Å². The van der Waals surface area contributed by atoms with Crippen LogP contribution in [0.5, 0.6) is 0 Å². The summed E-state index contributed by atoms with van der Waals surface area (Å²) in [4.78, 5) is 9.07. The fourth-order valence-electron chi connectivity index (χ4n) is 7.48. The molecule has 0 atom stereocenters. The molecule has 2 heterocycles. The molecule has 8 rings (SSSR count). The summed E-state index contributed by atoms with van der Waals surface area (Å²) < 4.78 is 33.8. The summed E-state index contributed by atoms with van der Waals surface area (Å²) in [6.07, 6.45) is 10.2. The van der Waals surface area contributed by atoms with Crippen molar-refractivity contribution in [3.63, 3.8) is 0 Å². The van der Waals surface area contributed by atoms with E-state index in [1.807, 2.05) is 66.9 Å². The number of pyridine rings is 2. The molecule has 0 saturated heterocycles. The van der Waals surface area contributed by atoms with Crippen LogP contribution in [0.3, 0.4) is 0 Å². The van der Waals surface area contributed by atoms with Crippen LogP contribution >= 0.6 is 0 Å². The van der Waals surface area contributed by atoms with E-state index in [-0.39, 0.29) is 25.7 Å².